The van der Waals surface area contributed by atoms with E-state index in [1.54, 1.807) is 0 Å². The fraction of sp³-hybridized carbons (Fsp3) is 0.750. The fourth-order valence-electron chi connectivity index (χ4n) is 1.54. The Kier molecular flexibility index (Phi) is 2.37. The quantitative estimate of drug-likeness (QED) is 0.627. The van der Waals surface area contributed by atoms with Gasteiger partial charge in [-0.15, -0.1) is 0 Å². The highest BCUT2D eigenvalue weighted by Gasteiger charge is 2.40. The zero-order valence-electron chi connectivity index (χ0n) is 7.60. The molecule has 12 heavy (non-hydrogen) atoms. The summed E-state index contributed by atoms with van der Waals surface area (Å²) in [5.74, 6) is 0.468. The Balaban J connectivity index is 2.71. The molecule has 0 aromatic heterocycles. The van der Waals surface area contributed by atoms with Gasteiger partial charge in [0, 0.05) is 0 Å². The van der Waals surface area contributed by atoms with Crippen LogP contribution in [0.1, 0.15) is 27.2 Å². The summed E-state index contributed by atoms with van der Waals surface area (Å²) in [7, 11) is 0. The summed E-state index contributed by atoms with van der Waals surface area (Å²) in [6.07, 6.45) is 0.805. The van der Waals surface area contributed by atoms with E-state index in [1.165, 1.54) is 0 Å². The zero-order chi connectivity index (χ0) is 9.35. The fourth-order valence-corrected chi connectivity index (χ4v) is 1.86. The lowest BCUT2D eigenvalue weighted by molar-refractivity contribution is -0.123. The van der Waals surface area contributed by atoms with Gasteiger partial charge in [-0.1, -0.05) is 13.8 Å². The van der Waals surface area contributed by atoms with Gasteiger partial charge in [-0.2, -0.15) is 0 Å². The molecule has 1 aliphatic heterocycles. The van der Waals surface area contributed by atoms with Gasteiger partial charge >= 0.3 is 0 Å². The molecule has 1 saturated heterocycles. The summed E-state index contributed by atoms with van der Waals surface area (Å²) >= 11 is 4.85. The molecule has 1 atom stereocenters. The Morgan fingerprint density at radius 1 is 1.58 bits per heavy atom. The van der Waals surface area contributed by atoms with Gasteiger partial charge in [-0.3, -0.25) is 4.79 Å². The first kappa shape index (κ1) is 9.45. The third kappa shape index (κ3) is 1.75. The maximum Gasteiger partial charge on any atom is 0.251 e. The molecule has 0 radical (unpaired) electrons. The lowest BCUT2D eigenvalue weighted by Gasteiger charge is -2.22. The third-order valence-corrected chi connectivity index (χ3v) is 2.14. The number of hydrogen-bond acceptors (Lipinski definition) is 2. The van der Waals surface area contributed by atoms with Gasteiger partial charge in [0.25, 0.3) is 5.91 Å². The highest BCUT2D eigenvalue weighted by atomic mass is 32.1. The van der Waals surface area contributed by atoms with Crippen molar-refractivity contribution in [2.75, 3.05) is 0 Å². The van der Waals surface area contributed by atoms with Gasteiger partial charge in [-0.05, 0) is 31.5 Å². The van der Waals surface area contributed by atoms with Gasteiger partial charge in [0.1, 0.15) is 5.54 Å². The Morgan fingerprint density at radius 3 is 2.50 bits per heavy atom. The normalized spacial score (nSPS) is 29.0. The number of amides is 1. The molecule has 0 aromatic carbocycles. The SMILES string of the molecule is CC(C)CC1(C)NC(=S)NC1=O. The van der Waals surface area contributed by atoms with E-state index < -0.39 is 5.54 Å². The van der Waals surface area contributed by atoms with Gasteiger partial charge in [-0.25, -0.2) is 0 Å². The lowest BCUT2D eigenvalue weighted by Crippen LogP contribution is -2.44. The zero-order valence-corrected chi connectivity index (χ0v) is 8.42. The van der Waals surface area contributed by atoms with Crippen molar-refractivity contribution < 1.29 is 4.79 Å². The number of thiocarbonyl (C=S) groups is 1. The van der Waals surface area contributed by atoms with E-state index in [0.29, 0.717) is 11.0 Å². The summed E-state index contributed by atoms with van der Waals surface area (Å²) in [4.78, 5) is 11.4. The maximum absolute atomic E-state index is 11.4. The molecule has 3 nitrogen and oxygen atoms in total. The van der Waals surface area contributed by atoms with E-state index in [9.17, 15) is 4.79 Å². The van der Waals surface area contributed by atoms with Crippen LogP contribution in [0.5, 0.6) is 0 Å². The third-order valence-electron chi connectivity index (χ3n) is 1.93. The molecular formula is C8H14N2OS. The van der Waals surface area contributed by atoms with Crippen LogP contribution in [0.3, 0.4) is 0 Å². The van der Waals surface area contributed by atoms with Gasteiger partial charge in [0.05, 0.1) is 0 Å². The van der Waals surface area contributed by atoms with Crippen LogP contribution in [-0.4, -0.2) is 16.6 Å². The number of carbonyl (C=O) groups is 1. The smallest absolute Gasteiger partial charge is 0.251 e. The van der Waals surface area contributed by atoms with E-state index in [0.717, 1.165) is 6.42 Å². The first-order chi connectivity index (χ1) is 5.44. The lowest BCUT2D eigenvalue weighted by atomic mass is 9.91. The topological polar surface area (TPSA) is 41.1 Å². The van der Waals surface area contributed by atoms with Crippen molar-refractivity contribution in [2.45, 2.75) is 32.7 Å². The molecular weight excluding hydrogens is 172 g/mol. The Hall–Kier alpha value is -0.640. The Labute approximate surface area is 77.9 Å². The van der Waals surface area contributed by atoms with Gasteiger partial charge in [0.15, 0.2) is 5.11 Å². The van der Waals surface area contributed by atoms with Crippen LogP contribution >= 0.6 is 12.2 Å². The monoisotopic (exact) mass is 186 g/mol. The van der Waals surface area contributed by atoms with Crippen LogP contribution in [0.4, 0.5) is 0 Å². The van der Waals surface area contributed by atoms with Crippen LogP contribution < -0.4 is 10.6 Å². The van der Waals surface area contributed by atoms with Crippen LogP contribution in [0, 0.1) is 5.92 Å². The largest absolute Gasteiger partial charge is 0.348 e. The van der Waals surface area contributed by atoms with Crippen molar-refractivity contribution in [2.24, 2.45) is 5.92 Å². The molecule has 0 bridgehead atoms. The Bertz CT molecular complexity index is 227. The molecule has 4 heteroatoms. The minimum atomic E-state index is -0.495. The summed E-state index contributed by atoms with van der Waals surface area (Å²) < 4.78 is 0. The second kappa shape index (κ2) is 3.01. The van der Waals surface area contributed by atoms with E-state index in [1.807, 2.05) is 6.92 Å². The first-order valence-corrected chi connectivity index (χ1v) is 4.48. The predicted octanol–water partition coefficient (Wildman–Crippen LogP) is 0.795. The van der Waals surface area contributed by atoms with E-state index in [4.69, 9.17) is 12.2 Å². The van der Waals surface area contributed by atoms with Crippen LogP contribution in [0.25, 0.3) is 0 Å². The second-order valence-corrected chi connectivity index (χ2v) is 4.25. The molecule has 1 unspecified atom stereocenters. The molecule has 68 valence electrons. The van der Waals surface area contributed by atoms with E-state index >= 15 is 0 Å². The number of hydrogen-bond donors (Lipinski definition) is 2. The average molecular weight is 186 g/mol. The minimum Gasteiger partial charge on any atom is -0.348 e. The first-order valence-electron chi connectivity index (χ1n) is 4.07. The Morgan fingerprint density at radius 2 is 2.17 bits per heavy atom. The summed E-state index contributed by atoms with van der Waals surface area (Å²) in [6.45, 7) is 6.05. The molecule has 0 spiro atoms. The van der Waals surface area contributed by atoms with Crippen molar-refractivity contribution in [3.8, 4) is 0 Å². The van der Waals surface area contributed by atoms with Crippen molar-refractivity contribution in [3.05, 3.63) is 0 Å². The highest BCUT2D eigenvalue weighted by Crippen LogP contribution is 2.19. The minimum absolute atomic E-state index is 0.0128. The van der Waals surface area contributed by atoms with Crippen molar-refractivity contribution in [1.29, 1.82) is 0 Å². The van der Waals surface area contributed by atoms with Gasteiger partial charge < -0.3 is 10.6 Å². The molecule has 0 saturated carbocycles. The van der Waals surface area contributed by atoms with Crippen LogP contribution in [0.2, 0.25) is 0 Å². The summed E-state index contributed by atoms with van der Waals surface area (Å²) in [6, 6.07) is 0. The van der Waals surface area contributed by atoms with E-state index in [-0.39, 0.29) is 5.91 Å². The van der Waals surface area contributed by atoms with Crippen LogP contribution in [0.15, 0.2) is 0 Å². The number of nitrogens with one attached hydrogen (secondary N) is 2. The highest BCUT2D eigenvalue weighted by molar-refractivity contribution is 7.80. The summed E-state index contributed by atoms with van der Waals surface area (Å²) in [5, 5.41) is 6.02. The molecule has 1 amide bonds. The number of rotatable bonds is 2. The van der Waals surface area contributed by atoms with Crippen molar-refractivity contribution in [3.63, 3.8) is 0 Å². The van der Waals surface area contributed by atoms with Gasteiger partial charge in [0.2, 0.25) is 0 Å². The molecule has 2 N–H and O–H groups in total. The summed E-state index contributed by atoms with van der Waals surface area (Å²) in [5.41, 5.74) is -0.495. The maximum atomic E-state index is 11.4. The average Bonchev–Trinajstić information content (AvgIpc) is 2.04. The number of carbonyl (C=O) groups excluding carboxylic acids is 1. The molecule has 1 fully saturated rings. The molecule has 0 aliphatic carbocycles. The molecule has 0 aromatic rings. The van der Waals surface area contributed by atoms with Crippen LogP contribution in [-0.2, 0) is 4.79 Å². The standard InChI is InChI=1S/C8H14N2OS/c1-5(2)4-8(3)6(11)9-7(12)10-8/h5H,4H2,1-3H3,(H2,9,10,11,12). The molecule has 1 heterocycles. The molecule has 1 rings (SSSR count). The second-order valence-electron chi connectivity index (χ2n) is 3.84. The predicted molar refractivity (Wildman–Crippen MR) is 51.7 cm³/mol. The van der Waals surface area contributed by atoms with Crippen molar-refractivity contribution >= 4 is 23.2 Å². The van der Waals surface area contributed by atoms with Crippen molar-refractivity contribution in [1.82, 2.24) is 10.6 Å². The molecule has 1 aliphatic rings. The van der Waals surface area contributed by atoms with E-state index in [2.05, 4.69) is 24.5 Å².